The van der Waals surface area contributed by atoms with Crippen LogP contribution in [0.1, 0.15) is 24.0 Å². The summed E-state index contributed by atoms with van der Waals surface area (Å²) in [5.41, 5.74) is 9.59. The van der Waals surface area contributed by atoms with Crippen LogP contribution in [0.25, 0.3) is 6.08 Å². The first-order valence-electron chi connectivity index (χ1n) is 5.22. The van der Waals surface area contributed by atoms with Crippen LogP contribution in [0.3, 0.4) is 0 Å². The number of fused-ring (bicyclic) bond motifs is 1. The molecule has 1 aliphatic carbocycles. The maximum absolute atomic E-state index is 8.66. The fraction of sp³-hybridized carbons (Fsp3) is 0.308. The first-order valence-corrected chi connectivity index (χ1v) is 5.22. The van der Waals surface area contributed by atoms with Crippen molar-refractivity contribution in [1.82, 2.24) is 0 Å². The van der Waals surface area contributed by atoms with Gasteiger partial charge in [0.2, 0.25) is 0 Å². The lowest BCUT2D eigenvalue weighted by molar-refractivity contribution is 0.763. The summed E-state index contributed by atoms with van der Waals surface area (Å²) in [4.78, 5) is 0. The van der Waals surface area contributed by atoms with Gasteiger partial charge in [0.15, 0.2) is 0 Å². The highest BCUT2D eigenvalue weighted by Gasteiger charge is 2.11. The molecule has 0 radical (unpaired) electrons. The Morgan fingerprint density at radius 3 is 2.93 bits per heavy atom. The maximum atomic E-state index is 8.66. The maximum Gasteiger partial charge on any atom is 0.0965 e. The lowest BCUT2D eigenvalue weighted by Gasteiger charge is -2.16. The van der Waals surface area contributed by atoms with E-state index in [0.717, 1.165) is 12.8 Å². The Morgan fingerprint density at radius 2 is 2.13 bits per heavy atom. The molecule has 0 aliphatic heterocycles. The van der Waals surface area contributed by atoms with E-state index >= 15 is 0 Å². The molecule has 76 valence electrons. The third-order valence-electron chi connectivity index (χ3n) is 2.78. The molecule has 0 aromatic heterocycles. The molecule has 1 aromatic carbocycles. The summed E-state index contributed by atoms with van der Waals surface area (Å²) < 4.78 is 0. The first kappa shape index (κ1) is 9.95. The van der Waals surface area contributed by atoms with Crippen LogP contribution in [-0.4, -0.2) is 6.04 Å². The van der Waals surface area contributed by atoms with Crippen LogP contribution in [0.4, 0.5) is 0 Å². The van der Waals surface area contributed by atoms with E-state index in [4.69, 9.17) is 11.0 Å². The molecule has 2 N–H and O–H groups in total. The molecule has 1 unspecified atom stereocenters. The summed E-state index contributed by atoms with van der Waals surface area (Å²) in [5.74, 6) is 0. The zero-order valence-electron chi connectivity index (χ0n) is 8.61. The molecule has 2 rings (SSSR count). The minimum absolute atomic E-state index is 0.360. The number of aryl methyl sites for hydroxylation is 1. The molecule has 15 heavy (non-hydrogen) atoms. The topological polar surface area (TPSA) is 49.8 Å². The predicted molar refractivity (Wildman–Crippen MR) is 60.9 cm³/mol. The number of nitrogens with zero attached hydrogens (tertiary/aromatic N) is 1. The molecule has 1 atom stereocenters. The molecule has 0 spiro atoms. The van der Waals surface area contributed by atoms with Crippen LogP contribution in [0.5, 0.6) is 0 Å². The number of nitrogens with two attached hydrogens (primary N) is 1. The largest absolute Gasteiger partial charge is 0.316 e. The van der Waals surface area contributed by atoms with E-state index < -0.39 is 0 Å². The van der Waals surface area contributed by atoms with Crippen molar-refractivity contribution in [3.63, 3.8) is 0 Å². The van der Waals surface area contributed by atoms with Gasteiger partial charge in [-0.15, -0.1) is 0 Å². The average molecular weight is 198 g/mol. The highest BCUT2D eigenvalue weighted by atomic mass is 14.6. The summed E-state index contributed by atoms with van der Waals surface area (Å²) in [6.45, 7) is 0. The Hall–Kier alpha value is -1.59. The summed E-state index contributed by atoms with van der Waals surface area (Å²) in [6.07, 6.45) is 4.98. The van der Waals surface area contributed by atoms with Crippen molar-refractivity contribution in [3.05, 3.63) is 41.0 Å². The predicted octanol–water partition coefficient (Wildman–Crippen LogP) is 2.26. The van der Waals surface area contributed by atoms with Crippen LogP contribution in [0, 0.1) is 11.3 Å². The van der Waals surface area contributed by atoms with E-state index in [0.29, 0.717) is 6.42 Å². The third kappa shape index (κ3) is 2.26. The van der Waals surface area contributed by atoms with Gasteiger partial charge in [0, 0.05) is 0 Å². The van der Waals surface area contributed by atoms with E-state index in [1.54, 1.807) is 0 Å². The average Bonchev–Trinajstić information content (AvgIpc) is 2.29. The number of rotatable bonds is 2. The van der Waals surface area contributed by atoms with Gasteiger partial charge < -0.3 is 5.73 Å². The van der Waals surface area contributed by atoms with Gasteiger partial charge in [-0.3, -0.25) is 0 Å². The van der Waals surface area contributed by atoms with E-state index in [-0.39, 0.29) is 6.04 Å². The number of benzene rings is 1. The minimum Gasteiger partial charge on any atom is -0.316 e. The zero-order valence-corrected chi connectivity index (χ0v) is 8.61. The molecule has 2 heteroatoms. The summed E-state index contributed by atoms with van der Waals surface area (Å²) in [6, 6.07) is 10.1. The molecule has 0 bridgehead atoms. The molecule has 0 fully saturated rings. The van der Waals surface area contributed by atoms with Gasteiger partial charge in [0.25, 0.3) is 0 Å². The quantitative estimate of drug-likeness (QED) is 0.792. The van der Waals surface area contributed by atoms with Gasteiger partial charge in [-0.2, -0.15) is 5.26 Å². The molecular weight excluding hydrogens is 184 g/mol. The van der Waals surface area contributed by atoms with Crippen molar-refractivity contribution in [2.24, 2.45) is 5.73 Å². The molecule has 0 saturated carbocycles. The second kappa shape index (κ2) is 4.29. The molecule has 1 aromatic rings. The van der Waals surface area contributed by atoms with Crippen molar-refractivity contribution >= 4 is 6.08 Å². The van der Waals surface area contributed by atoms with Gasteiger partial charge >= 0.3 is 0 Å². The fourth-order valence-corrected chi connectivity index (χ4v) is 1.98. The lowest BCUT2D eigenvalue weighted by Crippen LogP contribution is -2.18. The van der Waals surface area contributed by atoms with Crippen molar-refractivity contribution < 1.29 is 0 Å². The molecular formula is C13H14N2. The number of hydrogen-bond acceptors (Lipinski definition) is 2. The fourth-order valence-electron chi connectivity index (χ4n) is 1.98. The Kier molecular flexibility index (Phi) is 2.84. The Morgan fingerprint density at radius 1 is 1.33 bits per heavy atom. The van der Waals surface area contributed by atoms with Crippen LogP contribution >= 0.6 is 0 Å². The Labute approximate surface area is 90.0 Å². The van der Waals surface area contributed by atoms with Gasteiger partial charge in [-0.25, -0.2) is 0 Å². The van der Waals surface area contributed by atoms with Crippen molar-refractivity contribution in [2.75, 3.05) is 0 Å². The molecule has 0 saturated heterocycles. The Bertz CT molecular complexity index is 426. The van der Waals surface area contributed by atoms with Gasteiger partial charge in [-0.1, -0.05) is 35.9 Å². The van der Waals surface area contributed by atoms with Crippen molar-refractivity contribution in [2.45, 2.75) is 25.3 Å². The Balaban J connectivity index is 2.19. The molecule has 0 amide bonds. The summed E-state index contributed by atoms with van der Waals surface area (Å²) >= 11 is 0. The van der Waals surface area contributed by atoms with Gasteiger partial charge in [0.1, 0.15) is 0 Å². The third-order valence-corrected chi connectivity index (χ3v) is 2.78. The van der Waals surface area contributed by atoms with Gasteiger partial charge in [0.05, 0.1) is 12.1 Å². The zero-order chi connectivity index (χ0) is 10.7. The normalized spacial score (nSPS) is 16.1. The second-order valence-corrected chi connectivity index (χ2v) is 3.94. The standard InChI is InChI=1S/C13H14N2/c14-9-13(15)8-10-5-6-11-3-1-2-4-12(11)7-10/h1-4,7,13H,5-6,8,15H2. The molecule has 2 nitrogen and oxygen atoms in total. The van der Waals surface area contributed by atoms with E-state index in [1.807, 2.05) is 6.07 Å². The summed E-state index contributed by atoms with van der Waals surface area (Å²) in [5, 5.41) is 8.66. The SMILES string of the molecule is N#CC(N)CC1=Cc2ccccc2CC1. The first-order chi connectivity index (χ1) is 7.29. The minimum atomic E-state index is -0.360. The lowest BCUT2D eigenvalue weighted by atomic mass is 9.89. The highest BCUT2D eigenvalue weighted by molar-refractivity contribution is 5.59. The van der Waals surface area contributed by atoms with E-state index in [9.17, 15) is 0 Å². The monoisotopic (exact) mass is 198 g/mol. The van der Waals surface area contributed by atoms with Crippen LogP contribution in [0.15, 0.2) is 29.8 Å². The molecule has 1 aliphatic rings. The van der Waals surface area contributed by atoms with Crippen molar-refractivity contribution in [3.8, 4) is 6.07 Å². The van der Waals surface area contributed by atoms with Crippen molar-refractivity contribution in [1.29, 1.82) is 5.26 Å². The number of hydrogen-bond donors (Lipinski definition) is 1. The number of nitriles is 1. The smallest absolute Gasteiger partial charge is 0.0965 e. The van der Waals surface area contributed by atoms with Crippen LogP contribution in [-0.2, 0) is 6.42 Å². The summed E-state index contributed by atoms with van der Waals surface area (Å²) in [7, 11) is 0. The van der Waals surface area contributed by atoms with Crippen LogP contribution < -0.4 is 5.73 Å². The highest BCUT2D eigenvalue weighted by Crippen LogP contribution is 2.25. The molecule has 0 heterocycles. The van der Waals surface area contributed by atoms with E-state index in [2.05, 4.69) is 30.3 Å². The van der Waals surface area contributed by atoms with E-state index in [1.165, 1.54) is 16.7 Å². The second-order valence-electron chi connectivity index (χ2n) is 3.94. The van der Waals surface area contributed by atoms with Gasteiger partial charge in [-0.05, 0) is 30.4 Å². The van der Waals surface area contributed by atoms with Crippen LogP contribution in [0.2, 0.25) is 0 Å².